The molecule has 7 nitrogen and oxygen atoms in total. The molecule has 2 aromatic carbocycles. The molecule has 0 saturated heterocycles. The summed E-state index contributed by atoms with van der Waals surface area (Å²) in [6.07, 6.45) is 0.212. The molecule has 0 amide bonds. The van der Waals surface area contributed by atoms with Gasteiger partial charge in [-0.05, 0) is 42.8 Å². The van der Waals surface area contributed by atoms with Gasteiger partial charge >= 0.3 is 12.1 Å². The number of hydrogen-bond donors (Lipinski definition) is 0. The Balaban J connectivity index is 1.72. The molecule has 192 valence electrons. The minimum atomic E-state index is -4.68. The predicted molar refractivity (Wildman–Crippen MR) is 131 cm³/mol. The fourth-order valence-electron chi connectivity index (χ4n) is 4.02. The van der Waals surface area contributed by atoms with Crippen LogP contribution in [0.1, 0.15) is 17.9 Å². The number of benzene rings is 2. The van der Waals surface area contributed by atoms with Crippen molar-refractivity contribution >= 4 is 61.9 Å². The second-order valence-electron chi connectivity index (χ2n) is 8.14. The monoisotopic (exact) mass is 561 g/mol. The maximum Gasteiger partial charge on any atom is 0.417 e. The fraction of sp³-hybridized carbons (Fsp3) is 0.261. The van der Waals surface area contributed by atoms with Gasteiger partial charge in [-0.3, -0.25) is 0 Å². The molecule has 0 atom stereocenters. The van der Waals surface area contributed by atoms with Crippen molar-refractivity contribution in [2.75, 3.05) is 29.1 Å². The van der Waals surface area contributed by atoms with Crippen LogP contribution in [0.25, 0.3) is 17.2 Å². The van der Waals surface area contributed by atoms with Crippen molar-refractivity contribution in [3.63, 3.8) is 0 Å². The summed E-state index contributed by atoms with van der Waals surface area (Å²) < 4.78 is 81.4. The molecule has 1 aliphatic heterocycles. The van der Waals surface area contributed by atoms with Gasteiger partial charge in [-0.15, -0.1) is 0 Å². The molecule has 0 radical (unpaired) electrons. The Morgan fingerprint density at radius 1 is 1.17 bits per heavy atom. The van der Waals surface area contributed by atoms with Crippen molar-refractivity contribution in [3.8, 4) is 0 Å². The first kappa shape index (κ1) is 26.3. The Morgan fingerprint density at radius 2 is 1.89 bits per heavy atom. The number of halogens is 5. The maximum atomic E-state index is 13.5. The number of aromatic nitrogens is 1. The van der Waals surface area contributed by atoms with Crippen LogP contribution in [0.3, 0.4) is 0 Å². The number of alkyl halides is 3. The molecule has 2 heterocycles. The minimum Gasteiger partial charge on any atom is -0.748 e. The van der Waals surface area contributed by atoms with Gasteiger partial charge in [0.2, 0.25) is 5.58 Å². The van der Waals surface area contributed by atoms with Gasteiger partial charge in [0.25, 0.3) is 5.52 Å². The lowest BCUT2D eigenvalue weighted by Crippen LogP contribution is -2.29. The minimum absolute atomic E-state index is 0.00563. The van der Waals surface area contributed by atoms with Crippen molar-refractivity contribution in [2.45, 2.75) is 12.6 Å². The normalized spacial score (nSPS) is 15.6. The van der Waals surface area contributed by atoms with E-state index in [1.54, 1.807) is 60.0 Å². The van der Waals surface area contributed by atoms with E-state index in [9.17, 15) is 26.1 Å². The maximum absolute atomic E-state index is 13.5. The molecular formula is C23H20Cl2F3N3O4S. The molecule has 13 heteroatoms. The van der Waals surface area contributed by atoms with Gasteiger partial charge in [-0.1, -0.05) is 23.2 Å². The smallest absolute Gasteiger partial charge is 0.417 e. The van der Waals surface area contributed by atoms with Crippen LogP contribution in [0.2, 0.25) is 10.0 Å². The quantitative estimate of drug-likeness (QED) is 0.299. The van der Waals surface area contributed by atoms with E-state index in [0.717, 1.165) is 11.6 Å². The van der Waals surface area contributed by atoms with Gasteiger partial charge in [-0.2, -0.15) is 17.7 Å². The van der Waals surface area contributed by atoms with Crippen LogP contribution in [0.5, 0.6) is 0 Å². The van der Waals surface area contributed by atoms with Gasteiger partial charge in [0, 0.05) is 30.4 Å². The molecule has 0 bridgehead atoms. The van der Waals surface area contributed by atoms with Crippen LogP contribution in [0.15, 0.2) is 52.7 Å². The molecule has 0 saturated carbocycles. The Bertz CT molecular complexity index is 1500. The summed E-state index contributed by atoms with van der Waals surface area (Å²) in [5, 5.41) is 0.0921. The molecule has 3 aromatic rings. The zero-order valence-corrected chi connectivity index (χ0v) is 21.3. The summed E-state index contributed by atoms with van der Waals surface area (Å²) in [6.45, 7) is -0.00563. The highest BCUT2D eigenvalue weighted by atomic mass is 35.5. The third-order valence-electron chi connectivity index (χ3n) is 5.73. The summed E-state index contributed by atoms with van der Waals surface area (Å²) >= 11 is 12.0. The van der Waals surface area contributed by atoms with E-state index in [0.29, 0.717) is 28.0 Å². The van der Waals surface area contributed by atoms with Crippen LogP contribution in [0, 0.1) is 0 Å². The third kappa shape index (κ3) is 5.34. The third-order valence-corrected chi connectivity index (χ3v) is 7.07. The molecule has 1 aliphatic rings. The SMILES string of the molecule is CN1/C(=C\C=C\c2oc3ccc(Cl)cc3[n+]2C)N(CCCS(=O)(=O)[O-])c2cc(C(F)(F)F)c(Cl)cc21. The second kappa shape index (κ2) is 9.62. The van der Waals surface area contributed by atoms with Crippen molar-refractivity contribution < 1.29 is 35.1 Å². The van der Waals surface area contributed by atoms with Gasteiger partial charge < -0.3 is 18.8 Å². The van der Waals surface area contributed by atoms with Crippen molar-refractivity contribution in [1.82, 2.24) is 0 Å². The van der Waals surface area contributed by atoms with Gasteiger partial charge in [0.05, 0.1) is 38.2 Å². The average molecular weight is 562 g/mol. The fourth-order valence-corrected chi connectivity index (χ4v) is 4.93. The number of rotatable bonds is 6. The Labute approximate surface area is 215 Å². The first-order valence-corrected chi connectivity index (χ1v) is 12.9. The number of aryl methyl sites for hydroxylation is 1. The lowest BCUT2D eigenvalue weighted by atomic mass is 10.1. The highest BCUT2D eigenvalue weighted by Crippen LogP contribution is 2.47. The van der Waals surface area contributed by atoms with Crippen LogP contribution in [0.4, 0.5) is 24.5 Å². The Hall–Kier alpha value is -2.73. The zero-order chi connectivity index (χ0) is 26.4. The topological polar surface area (TPSA) is 80.7 Å². The highest BCUT2D eigenvalue weighted by molar-refractivity contribution is 7.85. The molecule has 0 unspecified atom stereocenters. The van der Waals surface area contributed by atoms with E-state index in [2.05, 4.69) is 0 Å². The number of allylic oxidation sites excluding steroid dienone is 2. The number of oxazole rings is 1. The summed E-state index contributed by atoms with van der Waals surface area (Å²) in [5.41, 5.74) is 0.981. The zero-order valence-electron chi connectivity index (χ0n) is 19.0. The van der Waals surface area contributed by atoms with E-state index in [1.165, 1.54) is 11.0 Å². The van der Waals surface area contributed by atoms with Crippen LogP contribution in [-0.2, 0) is 23.3 Å². The molecule has 36 heavy (non-hydrogen) atoms. The van der Waals surface area contributed by atoms with Crippen molar-refractivity contribution in [2.24, 2.45) is 7.05 Å². The molecule has 0 N–H and O–H groups in total. The summed E-state index contributed by atoms with van der Waals surface area (Å²) in [6, 6.07) is 7.33. The van der Waals surface area contributed by atoms with E-state index < -0.39 is 32.6 Å². The lowest BCUT2D eigenvalue weighted by molar-refractivity contribution is -0.652. The lowest BCUT2D eigenvalue weighted by Gasteiger charge is -2.23. The van der Waals surface area contributed by atoms with Crippen LogP contribution < -0.4 is 14.4 Å². The first-order chi connectivity index (χ1) is 16.8. The van der Waals surface area contributed by atoms with Crippen LogP contribution in [-0.4, -0.2) is 32.3 Å². The van der Waals surface area contributed by atoms with Crippen molar-refractivity contribution in [3.05, 3.63) is 69.8 Å². The molecule has 0 fully saturated rings. The predicted octanol–water partition coefficient (Wildman–Crippen LogP) is 5.33. The van der Waals surface area contributed by atoms with E-state index >= 15 is 0 Å². The largest absolute Gasteiger partial charge is 0.748 e. The summed E-state index contributed by atoms with van der Waals surface area (Å²) in [4.78, 5) is 3.16. The highest BCUT2D eigenvalue weighted by Gasteiger charge is 2.38. The summed E-state index contributed by atoms with van der Waals surface area (Å²) in [7, 11) is -1.04. The Kier molecular flexibility index (Phi) is 7.04. The van der Waals surface area contributed by atoms with Crippen molar-refractivity contribution in [1.29, 1.82) is 0 Å². The summed E-state index contributed by atoms with van der Waals surface area (Å²) in [5.74, 6) is 0.304. The number of hydrogen-bond acceptors (Lipinski definition) is 6. The number of anilines is 2. The molecular weight excluding hydrogens is 542 g/mol. The van der Waals surface area contributed by atoms with E-state index in [4.69, 9.17) is 27.6 Å². The van der Waals surface area contributed by atoms with Gasteiger partial charge in [-0.25, -0.2) is 8.42 Å². The van der Waals surface area contributed by atoms with E-state index in [-0.39, 0.29) is 18.7 Å². The number of fused-ring (bicyclic) bond motifs is 2. The molecule has 0 spiro atoms. The molecule has 4 rings (SSSR count). The van der Waals surface area contributed by atoms with Crippen LogP contribution >= 0.6 is 23.2 Å². The van der Waals surface area contributed by atoms with E-state index in [1.807, 2.05) is 0 Å². The number of nitrogens with zero attached hydrogens (tertiary/aromatic N) is 3. The standard InChI is InChI=1S/C23H20Cl2F3N3O4S/c1-29-17-13-16(25)15(23(26,27)28)12-18(17)31(9-4-10-36(32,33)34)21(29)5-3-6-22-30(2)19-11-14(24)7-8-20(19)35-22/h3,5-8,11-13H,4,9-10H2,1-2H3. The Morgan fingerprint density at radius 3 is 2.56 bits per heavy atom. The first-order valence-electron chi connectivity index (χ1n) is 10.6. The second-order valence-corrected chi connectivity index (χ2v) is 10.5. The average Bonchev–Trinajstić information content (AvgIpc) is 3.20. The molecule has 0 aliphatic carbocycles. The van der Waals surface area contributed by atoms with Gasteiger partial charge in [0.1, 0.15) is 12.9 Å². The molecule has 1 aromatic heterocycles. The van der Waals surface area contributed by atoms with Gasteiger partial charge in [0.15, 0.2) is 0 Å².